The molecule has 2 heterocycles. The van der Waals surface area contributed by atoms with Crippen molar-refractivity contribution >= 4 is 35.1 Å². The summed E-state index contributed by atoms with van der Waals surface area (Å²) in [5.74, 6) is -1.62. The number of para-hydroxylation sites is 2. The fourth-order valence-electron chi connectivity index (χ4n) is 3.66. The van der Waals surface area contributed by atoms with E-state index in [9.17, 15) is 19.2 Å². The van der Waals surface area contributed by atoms with Crippen LogP contribution in [-0.4, -0.2) is 61.0 Å². The molecule has 0 aliphatic carbocycles. The van der Waals surface area contributed by atoms with Gasteiger partial charge in [0.15, 0.2) is 12.1 Å². The molecule has 4 rings (SSSR count). The van der Waals surface area contributed by atoms with Crippen LogP contribution in [0.5, 0.6) is 5.75 Å². The topological polar surface area (TPSA) is 130 Å². The number of methoxy groups -OCH3 is 1. The number of benzene rings is 2. The normalized spacial score (nSPS) is 19.0. The van der Waals surface area contributed by atoms with E-state index in [1.165, 1.54) is 24.3 Å². The van der Waals surface area contributed by atoms with Gasteiger partial charge in [-0.15, -0.1) is 0 Å². The maximum atomic E-state index is 13.1. The lowest BCUT2D eigenvalue weighted by molar-refractivity contribution is -0.123. The number of hydrogen-bond donors (Lipinski definition) is 1. The SMILES string of the molecule is CCOC(=O)c1ccc(NC(=O)CN2N=NC3C(=O)N(c4ccccc4OC)C(=O)C32)cc1. The number of nitrogens with zero attached hydrogens (tertiary/aromatic N) is 4. The van der Waals surface area contributed by atoms with Crippen LogP contribution in [0.1, 0.15) is 17.3 Å². The number of rotatable bonds is 7. The minimum absolute atomic E-state index is 0.263. The van der Waals surface area contributed by atoms with Gasteiger partial charge in [0, 0.05) is 5.69 Å². The summed E-state index contributed by atoms with van der Waals surface area (Å²) in [5.41, 5.74) is 1.12. The quantitative estimate of drug-likeness (QED) is 0.502. The lowest BCUT2D eigenvalue weighted by atomic mass is 10.1. The number of nitrogens with one attached hydrogen (secondary N) is 1. The predicted octanol–water partition coefficient (Wildman–Crippen LogP) is 1.80. The molecule has 1 N–H and O–H groups in total. The number of anilines is 2. The summed E-state index contributed by atoms with van der Waals surface area (Å²) in [4.78, 5) is 51.2. The highest BCUT2D eigenvalue weighted by atomic mass is 16.5. The number of carbonyl (C=O) groups excluding carboxylic acids is 4. The van der Waals surface area contributed by atoms with Gasteiger partial charge < -0.3 is 14.8 Å². The molecule has 3 amide bonds. The van der Waals surface area contributed by atoms with Crippen LogP contribution in [0.4, 0.5) is 11.4 Å². The first-order valence-electron chi connectivity index (χ1n) is 10.2. The van der Waals surface area contributed by atoms with Crippen LogP contribution in [0.15, 0.2) is 58.9 Å². The molecule has 170 valence electrons. The smallest absolute Gasteiger partial charge is 0.338 e. The maximum absolute atomic E-state index is 13.1. The Kier molecular flexibility index (Phi) is 6.03. The molecule has 0 radical (unpaired) electrons. The molecule has 0 spiro atoms. The highest BCUT2D eigenvalue weighted by molar-refractivity contribution is 6.26. The van der Waals surface area contributed by atoms with Crippen LogP contribution in [0.25, 0.3) is 0 Å². The first-order chi connectivity index (χ1) is 15.9. The Morgan fingerprint density at radius 1 is 1.06 bits per heavy atom. The third-order valence-electron chi connectivity index (χ3n) is 5.17. The van der Waals surface area contributed by atoms with Gasteiger partial charge in [0.1, 0.15) is 12.3 Å². The number of amides is 3. The summed E-state index contributed by atoms with van der Waals surface area (Å²) in [7, 11) is 1.44. The Bertz CT molecular complexity index is 1130. The summed E-state index contributed by atoms with van der Waals surface area (Å²) in [6.45, 7) is 1.69. The zero-order chi connectivity index (χ0) is 23.5. The highest BCUT2D eigenvalue weighted by Crippen LogP contribution is 2.36. The minimum Gasteiger partial charge on any atom is -0.495 e. The fourth-order valence-corrected chi connectivity index (χ4v) is 3.66. The molecule has 1 fully saturated rings. The van der Waals surface area contributed by atoms with E-state index in [0.29, 0.717) is 22.7 Å². The first kappa shape index (κ1) is 21.9. The van der Waals surface area contributed by atoms with E-state index >= 15 is 0 Å². The summed E-state index contributed by atoms with van der Waals surface area (Å²) < 4.78 is 10.2. The van der Waals surface area contributed by atoms with E-state index in [1.807, 2.05) is 0 Å². The molecule has 2 aromatic rings. The molecule has 2 aliphatic heterocycles. The number of hydrogen-bond acceptors (Lipinski definition) is 9. The summed E-state index contributed by atoms with van der Waals surface area (Å²) in [6, 6.07) is 10.8. The number of esters is 1. The van der Waals surface area contributed by atoms with E-state index < -0.39 is 35.8 Å². The molecule has 0 bridgehead atoms. The van der Waals surface area contributed by atoms with Gasteiger partial charge in [-0.1, -0.05) is 17.4 Å². The number of ether oxygens (including phenoxy) is 2. The van der Waals surface area contributed by atoms with Crippen molar-refractivity contribution in [1.29, 1.82) is 0 Å². The van der Waals surface area contributed by atoms with Crippen molar-refractivity contribution < 1.29 is 28.7 Å². The zero-order valence-corrected chi connectivity index (χ0v) is 17.9. The summed E-state index contributed by atoms with van der Waals surface area (Å²) in [5, 5.41) is 11.7. The molecular formula is C22H21N5O6. The maximum Gasteiger partial charge on any atom is 0.338 e. The molecule has 11 nitrogen and oxygen atoms in total. The minimum atomic E-state index is -1.03. The van der Waals surface area contributed by atoms with Crippen LogP contribution in [0, 0.1) is 0 Å². The van der Waals surface area contributed by atoms with Crippen molar-refractivity contribution in [1.82, 2.24) is 5.01 Å². The molecular weight excluding hydrogens is 430 g/mol. The Balaban J connectivity index is 1.43. The van der Waals surface area contributed by atoms with Crippen LogP contribution >= 0.6 is 0 Å². The molecule has 11 heteroatoms. The van der Waals surface area contributed by atoms with Crippen LogP contribution in [0.2, 0.25) is 0 Å². The third-order valence-corrected chi connectivity index (χ3v) is 5.17. The van der Waals surface area contributed by atoms with E-state index in [0.717, 1.165) is 4.90 Å². The Morgan fingerprint density at radius 3 is 2.48 bits per heavy atom. The fraction of sp³-hybridized carbons (Fsp3) is 0.273. The largest absolute Gasteiger partial charge is 0.495 e. The second kappa shape index (κ2) is 9.07. The third kappa shape index (κ3) is 4.12. The lowest BCUT2D eigenvalue weighted by Crippen LogP contribution is -2.43. The van der Waals surface area contributed by atoms with Gasteiger partial charge in [-0.2, -0.15) is 5.11 Å². The number of imide groups is 1. The highest BCUT2D eigenvalue weighted by Gasteiger charge is 2.55. The van der Waals surface area contributed by atoms with E-state index in [-0.39, 0.29) is 13.2 Å². The van der Waals surface area contributed by atoms with Gasteiger partial charge >= 0.3 is 5.97 Å². The molecule has 1 saturated heterocycles. The average Bonchev–Trinajstić information content (AvgIpc) is 3.33. The van der Waals surface area contributed by atoms with Crippen molar-refractivity contribution in [3.05, 3.63) is 54.1 Å². The Hall–Kier alpha value is -4.28. The monoisotopic (exact) mass is 451 g/mol. The van der Waals surface area contributed by atoms with Crippen molar-refractivity contribution in [3.63, 3.8) is 0 Å². The number of fused-ring (bicyclic) bond motifs is 1. The second-order valence-electron chi connectivity index (χ2n) is 7.22. The van der Waals surface area contributed by atoms with Gasteiger partial charge in [-0.3, -0.25) is 19.4 Å². The van der Waals surface area contributed by atoms with Crippen LogP contribution < -0.4 is 15.0 Å². The predicted molar refractivity (Wildman–Crippen MR) is 116 cm³/mol. The average molecular weight is 451 g/mol. The Morgan fingerprint density at radius 2 is 1.79 bits per heavy atom. The molecule has 2 atom stereocenters. The van der Waals surface area contributed by atoms with E-state index in [1.54, 1.807) is 43.3 Å². The van der Waals surface area contributed by atoms with Gasteiger partial charge in [0.25, 0.3) is 11.8 Å². The molecule has 0 aromatic heterocycles. The van der Waals surface area contributed by atoms with E-state index in [4.69, 9.17) is 9.47 Å². The second-order valence-corrected chi connectivity index (χ2v) is 7.22. The van der Waals surface area contributed by atoms with Gasteiger partial charge in [0.2, 0.25) is 5.91 Å². The first-order valence-corrected chi connectivity index (χ1v) is 10.2. The molecule has 0 saturated carbocycles. The lowest BCUT2D eigenvalue weighted by Gasteiger charge is -2.21. The van der Waals surface area contributed by atoms with E-state index in [2.05, 4.69) is 15.7 Å². The molecule has 2 aromatic carbocycles. The molecule has 2 aliphatic rings. The van der Waals surface area contributed by atoms with Crippen molar-refractivity contribution in [2.45, 2.75) is 19.0 Å². The zero-order valence-electron chi connectivity index (χ0n) is 17.9. The number of carbonyl (C=O) groups is 4. The van der Waals surface area contributed by atoms with Crippen LogP contribution in [-0.2, 0) is 19.1 Å². The Labute approximate surface area is 188 Å². The van der Waals surface area contributed by atoms with Crippen LogP contribution in [0.3, 0.4) is 0 Å². The molecule has 2 unspecified atom stereocenters. The van der Waals surface area contributed by atoms with Crippen molar-refractivity contribution in [3.8, 4) is 5.75 Å². The van der Waals surface area contributed by atoms with Gasteiger partial charge in [-0.25, -0.2) is 9.69 Å². The summed E-state index contributed by atoms with van der Waals surface area (Å²) in [6.07, 6.45) is 0. The molecule has 33 heavy (non-hydrogen) atoms. The summed E-state index contributed by atoms with van der Waals surface area (Å²) >= 11 is 0. The van der Waals surface area contributed by atoms with Gasteiger partial charge in [0.05, 0.1) is 25.0 Å². The van der Waals surface area contributed by atoms with Crippen molar-refractivity contribution in [2.24, 2.45) is 10.3 Å². The standard InChI is InChI=1S/C22H21N5O6/c1-3-33-22(31)13-8-10-14(11-9-13)23-17(28)12-26-19-18(24-25-26)20(29)27(21(19)30)15-6-4-5-7-16(15)32-2/h4-11,18-19H,3,12H2,1-2H3,(H,23,28). The van der Waals surface area contributed by atoms with Crippen molar-refractivity contribution in [2.75, 3.05) is 30.5 Å². The van der Waals surface area contributed by atoms with Gasteiger partial charge in [-0.05, 0) is 43.3 Å².